The van der Waals surface area contributed by atoms with Crippen molar-refractivity contribution in [2.75, 3.05) is 25.1 Å². The van der Waals surface area contributed by atoms with Crippen LogP contribution in [0.5, 0.6) is 5.75 Å². The number of carbonyl (C=O) groups is 2. The van der Waals surface area contributed by atoms with Gasteiger partial charge in [0.2, 0.25) is 10.0 Å². The van der Waals surface area contributed by atoms with Gasteiger partial charge in [-0.1, -0.05) is 30.7 Å². The summed E-state index contributed by atoms with van der Waals surface area (Å²) >= 11 is 6.30. The van der Waals surface area contributed by atoms with Crippen molar-refractivity contribution >= 4 is 39.6 Å². The molecule has 2 aromatic rings. The molecular weight excluding hydrogens is 590 g/mol. The van der Waals surface area contributed by atoms with E-state index in [-0.39, 0.29) is 23.4 Å². The number of amides is 1. The van der Waals surface area contributed by atoms with Crippen molar-refractivity contribution in [2.45, 2.75) is 69.8 Å². The number of ether oxygens (including phenoxy) is 2. The molecule has 3 aliphatic rings. The number of nitrogens with one attached hydrogen (secondary N) is 1. The van der Waals surface area contributed by atoms with Gasteiger partial charge in [-0.2, -0.15) is 0 Å². The Hall–Kier alpha value is -2.95. The van der Waals surface area contributed by atoms with Gasteiger partial charge in [0.05, 0.1) is 5.25 Å². The first-order valence-electron chi connectivity index (χ1n) is 15.0. The third-order valence-electron chi connectivity index (χ3n) is 9.45. The van der Waals surface area contributed by atoms with E-state index in [1.165, 1.54) is 6.07 Å². The van der Waals surface area contributed by atoms with Crippen molar-refractivity contribution in [3.63, 3.8) is 0 Å². The molecule has 1 aliphatic carbocycles. The fourth-order valence-electron chi connectivity index (χ4n) is 6.35. The quantitative estimate of drug-likeness (QED) is 0.360. The molecule has 2 bridgehead atoms. The summed E-state index contributed by atoms with van der Waals surface area (Å²) < 4.78 is 40.9. The highest BCUT2D eigenvalue weighted by Crippen LogP contribution is 2.45. The fourth-order valence-corrected chi connectivity index (χ4v) is 7.81. The van der Waals surface area contributed by atoms with E-state index in [0.29, 0.717) is 42.7 Å². The highest BCUT2D eigenvalue weighted by molar-refractivity contribution is 7.90. The Balaban J connectivity index is 1.58. The molecule has 0 saturated heterocycles. The molecular formula is C32H40ClN3O6S. The van der Waals surface area contributed by atoms with Crippen LogP contribution < -0.4 is 14.4 Å². The van der Waals surface area contributed by atoms with Gasteiger partial charge >= 0.3 is 0 Å². The van der Waals surface area contributed by atoms with Gasteiger partial charge in [0, 0.05) is 31.1 Å². The normalized spacial score (nSPS) is 30.2. The van der Waals surface area contributed by atoms with E-state index in [2.05, 4.69) is 9.62 Å². The van der Waals surface area contributed by atoms with Crippen molar-refractivity contribution in [1.82, 2.24) is 9.71 Å². The third-order valence-corrected chi connectivity index (χ3v) is 11.6. The number of aromatic nitrogens is 1. The van der Waals surface area contributed by atoms with Crippen LogP contribution in [0.2, 0.25) is 5.02 Å². The molecule has 1 aromatic heterocycles. The van der Waals surface area contributed by atoms with Crippen LogP contribution in [-0.4, -0.2) is 56.6 Å². The third kappa shape index (κ3) is 6.61. The van der Waals surface area contributed by atoms with E-state index in [0.717, 1.165) is 49.5 Å². The van der Waals surface area contributed by atoms with E-state index in [9.17, 15) is 18.0 Å². The number of aldehydes is 1. The zero-order chi connectivity index (χ0) is 30.8. The van der Waals surface area contributed by atoms with Crippen LogP contribution in [0.25, 0.3) is 0 Å². The molecule has 2 aliphatic heterocycles. The molecule has 5 atom stereocenters. The van der Waals surface area contributed by atoms with Crippen LogP contribution in [0, 0.1) is 17.8 Å². The SMILES string of the molecule is CO[C@@]1(C=O)/C=C/C[C@H](C)[C@@H](C)S(=O)(=O)NC(=O)c2ccc3c(n2)N(CCCCc2cc(Cl)ccc2CO3)C[C@@H]2CCC21. The van der Waals surface area contributed by atoms with Gasteiger partial charge in [0.25, 0.3) is 5.91 Å². The van der Waals surface area contributed by atoms with E-state index in [4.69, 9.17) is 26.1 Å². The second kappa shape index (κ2) is 13.0. The topological polar surface area (TPSA) is 115 Å². The van der Waals surface area contributed by atoms with Gasteiger partial charge in [-0.3, -0.25) is 9.59 Å². The van der Waals surface area contributed by atoms with Crippen molar-refractivity contribution in [3.05, 3.63) is 64.3 Å². The fraction of sp³-hybridized carbons (Fsp3) is 0.531. The number of pyridine rings is 1. The molecule has 1 saturated carbocycles. The van der Waals surface area contributed by atoms with Crippen molar-refractivity contribution < 1.29 is 27.5 Å². The number of methoxy groups -OCH3 is 1. The first kappa shape index (κ1) is 31.5. The highest BCUT2D eigenvalue weighted by Gasteiger charge is 2.47. The van der Waals surface area contributed by atoms with Crippen LogP contribution in [0.4, 0.5) is 5.82 Å². The molecule has 43 heavy (non-hydrogen) atoms. The maximum atomic E-state index is 13.3. The van der Waals surface area contributed by atoms with Crippen LogP contribution >= 0.6 is 11.6 Å². The van der Waals surface area contributed by atoms with Crippen molar-refractivity contribution in [3.8, 4) is 5.75 Å². The van der Waals surface area contributed by atoms with Crippen LogP contribution in [0.15, 0.2) is 42.5 Å². The van der Waals surface area contributed by atoms with E-state index in [1.807, 2.05) is 31.2 Å². The number of nitrogens with zero attached hydrogens (tertiary/aromatic N) is 2. The number of aryl methyl sites for hydroxylation is 1. The average molecular weight is 630 g/mol. The standard InChI is InChI=1S/C32H40ClN3O6S/c1-21-7-6-15-32(20-37,41-3)27-12-10-24(27)18-36-16-5-4-8-23-17-26(33)11-9-25(23)19-42-29-14-13-28(34-30(29)36)31(38)35-43(39,40)22(21)2/h6,9,11,13-15,17,20-22,24,27H,4-5,7-8,10,12,16,18-19H2,1-3H3,(H,35,38)/b15-6+/t21-,22+,24-,27?,32+/m0/s1. The molecule has 9 nitrogen and oxygen atoms in total. The predicted molar refractivity (Wildman–Crippen MR) is 166 cm³/mol. The lowest BCUT2D eigenvalue weighted by Crippen LogP contribution is -2.52. The zero-order valence-electron chi connectivity index (χ0n) is 24.9. The van der Waals surface area contributed by atoms with Gasteiger partial charge in [0.15, 0.2) is 17.9 Å². The Morgan fingerprint density at radius 3 is 2.70 bits per heavy atom. The van der Waals surface area contributed by atoms with Gasteiger partial charge in [-0.15, -0.1) is 0 Å². The monoisotopic (exact) mass is 629 g/mol. The molecule has 5 rings (SSSR count). The summed E-state index contributed by atoms with van der Waals surface area (Å²) in [7, 11) is -2.47. The molecule has 1 amide bonds. The van der Waals surface area contributed by atoms with Crippen molar-refractivity contribution in [1.29, 1.82) is 0 Å². The number of halogens is 1. The number of hydrogen-bond acceptors (Lipinski definition) is 8. The van der Waals surface area contributed by atoms with E-state index in [1.54, 1.807) is 26.2 Å². The second-order valence-corrected chi connectivity index (χ2v) is 14.5. The number of sulfonamides is 1. The first-order valence-corrected chi connectivity index (χ1v) is 16.9. The Bertz CT molecular complexity index is 1500. The molecule has 11 heteroatoms. The number of carbonyl (C=O) groups excluding carboxylic acids is 2. The molecule has 0 spiro atoms. The van der Waals surface area contributed by atoms with Gasteiger partial charge in [0.1, 0.15) is 17.9 Å². The number of anilines is 1. The summed E-state index contributed by atoms with van der Waals surface area (Å²) in [6.07, 6.45) is 9.23. The highest BCUT2D eigenvalue weighted by atomic mass is 35.5. The second-order valence-electron chi connectivity index (χ2n) is 12.0. The molecule has 3 heterocycles. The van der Waals surface area contributed by atoms with Gasteiger partial charge in [-0.05, 0) is 98.8 Å². The summed E-state index contributed by atoms with van der Waals surface area (Å²) in [5, 5.41) is -0.190. The summed E-state index contributed by atoms with van der Waals surface area (Å²) in [6, 6.07) is 8.98. The Morgan fingerprint density at radius 1 is 1.16 bits per heavy atom. The van der Waals surface area contributed by atoms with Crippen LogP contribution in [0.3, 0.4) is 0 Å². The van der Waals surface area contributed by atoms with Crippen LogP contribution in [0.1, 0.15) is 67.6 Å². The Morgan fingerprint density at radius 2 is 1.98 bits per heavy atom. The summed E-state index contributed by atoms with van der Waals surface area (Å²) in [6.45, 7) is 4.89. The lowest BCUT2D eigenvalue weighted by atomic mass is 9.64. The minimum Gasteiger partial charge on any atom is -0.485 e. The van der Waals surface area contributed by atoms with Gasteiger partial charge < -0.3 is 14.4 Å². The summed E-state index contributed by atoms with van der Waals surface area (Å²) in [5.74, 6) is -0.0565. The van der Waals surface area contributed by atoms with Gasteiger partial charge in [-0.25, -0.2) is 18.1 Å². The number of rotatable bonds is 2. The number of hydrogen-bond donors (Lipinski definition) is 1. The van der Waals surface area contributed by atoms with E-state index >= 15 is 0 Å². The maximum absolute atomic E-state index is 13.3. The average Bonchev–Trinajstić information content (AvgIpc) is 3.00. The Labute approximate surface area is 259 Å². The number of allylic oxidation sites excluding steroid dienone is 1. The minimum absolute atomic E-state index is 0.00545. The predicted octanol–water partition coefficient (Wildman–Crippen LogP) is 5.11. The molecule has 0 radical (unpaired) electrons. The molecule has 1 fully saturated rings. The molecule has 232 valence electrons. The lowest BCUT2D eigenvalue weighted by molar-refractivity contribution is -0.135. The first-order chi connectivity index (χ1) is 20.6. The maximum Gasteiger partial charge on any atom is 0.283 e. The van der Waals surface area contributed by atoms with Crippen LogP contribution in [-0.2, 0) is 32.6 Å². The minimum atomic E-state index is -4.01. The number of benzene rings is 1. The molecule has 1 unspecified atom stereocenters. The summed E-state index contributed by atoms with van der Waals surface area (Å²) in [5.41, 5.74) is 1.04. The Kier molecular flexibility index (Phi) is 9.49. The summed E-state index contributed by atoms with van der Waals surface area (Å²) in [4.78, 5) is 32.7. The smallest absolute Gasteiger partial charge is 0.283 e. The molecule has 1 N–H and O–H groups in total. The largest absolute Gasteiger partial charge is 0.485 e. The number of fused-ring (bicyclic) bond motifs is 3. The zero-order valence-corrected chi connectivity index (χ0v) is 26.5. The van der Waals surface area contributed by atoms with E-state index < -0.39 is 26.8 Å². The van der Waals surface area contributed by atoms with Crippen molar-refractivity contribution in [2.24, 2.45) is 17.8 Å². The molecule has 1 aromatic carbocycles. The lowest BCUT2D eigenvalue weighted by Gasteiger charge is -2.47.